The summed E-state index contributed by atoms with van der Waals surface area (Å²) in [6, 6.07) is 0. The zero-order chi connectivity index (χ0) is 16.8. The lowest BCUT2D eigenvalue weighted by atomic mass is 9.92. The molecule has 3 rings (SSSR count). The monoisotopic (exact) mass is 340 g/mol. The second-order valence-electron chi connectivity index (χ2n) is 7.05. The van der Waals surface area contributed by atoms with Gasteiger partial charge in [-0.2, -0.15) is 0 Å². The summed E-state index contributed by atoms with van der Waals surface area (Å²) < 4.78 is 36.4. The van der Waals surface area contributed by atoms with Crippen molar-refractivity contribution in [3.63, 3.8) is 0 Å². The average Bonchev–Trinajstić information content (AvgIpc) is 2.63. The van der Waals surface area contributed by atoms with Crippen LogP contribution in [0, 0.1) is 17.8 Å². The molecule has 0 spiro atoms. The smallest absolute Gasteiger partial charge is 0.160 e. The molecule has 0 amide bonds. The highest BCUT2D eigenvalue weighted by molar-refractivity contribution is 4.98. The molecule has 0 N–H and O–H groups in total. The van der Waals surface area contributed by atoms with Crippen LogP contribution in [0.4, 0.5) is 4.39 Å². The predicted molar refractivity (Wildman–Crippen MR) is 88.9 cm³/mol. The van der Waals surface area contributed by atoms with Crippen LogP contribution in [0.25, 0.3) is 0 Å². The Morgan fingerprint density at radius 3 is 2.46 bits per heavy atom. The summed E-state index contributed by atoms with van der Waals surface area (Å²) in [6.07, 6.45) is 9.48. The van der Waals surface area contributed by atoms with Crippen LogP contribution in [0.15, 0.2) is 24.1 Å². The molecule has 0 aromatic carbocycles. The van der Waals surface area contributed by atoms with E-state index in [2.05, 4.69) is 6.08 Å². The van der Waals surface area contributed by atoms with Gasteiger partial charge in [-0.25, -0.2) is 4.39 Å². The largest absolute Gasteiger partial charge is 0.352 e. The van der Waals surface area contributed by atoms with Gasteiger partial charge in [0.2, 0.25) is 0 Å². The molecule has 4 nitrogen and oxygen atoms in total. The highest BCUT2D eigenvalue weighted by Gasteiger charge is 2.31. The summed E-state index contributed by atoms with van der Waals surface area (Å²) in [5.74, 6) is 1.06. The van der Waals surface area contributed by atoms with E-state index in [1.54, 1.807) is 6.08 Å². The third-order valence-electron chi connectivity index (χ3n) is 5.04. The van der Waals surface area contributed by atoms with E-state index in [1.165, 1.54) is 0 Å². The van der Waals surface area contributed by atoms with E-state index >= 15 is 0 Å². The minimum absolute atomic E-state index is 0.00378. The molecular weight excluding hydrogens is 311 g/mol. The highest BCUT2D eigenvalue weighted by atomic mass is 19.1. The maximum Gasteiger partial charge on any atom is 0.160 e. The van der Waals surface area contributed by atoms with E-state index in [0.717, 1.165) is 38.9 Å². The molecule has 1 aliphatic carbocycles. The van der Waals surface area contributed by atoms with E-state index in [0.29, 0.717) is 37.4 Å². The normalized spacial score (nSPS) is 38.2. The molecular formula is C19H29FO4. The van der Waals surface area contributed by atoms with Crippen LogP contribution < -0.4 is 0 Å². The van der Waals surface area contributed by atoms with E-state index < -0.39 is 0 Å². The van der Waals surface area contributed by atoms with Crippen molar-refractivity contribution in [2.24, 2.45) is 17.8 Å². The standard InChI is InChI=1S/C19H29FO4/c1-2-3-14-10-21-18(22-11-14)9-4-15-12-23-19(24-13-15)16-5-7-17(20)8-6-16/h2-3,7,14-16,18-19H,4-6,8-13H2,1H3. The molecule has 0 radical (unpaired) electrons. The summed E-state index contributed by atoms with van der Waals surface area (Å²) in [4.78, 5) is 0. The first-order chi connectivity index (χ1) is 11.7. The van der Waals surface area contributed by atoms with Gasteiger partial charge in [-0.1, -0.05) is 18.2 Å². The van der Waals surface area contributed by atoms with Crippen molar-refractivity contribution in [1.29, 1.82) is 0 Å². The van der Waals surface area contributed by atoms with E-state index in [9.17, 15) is 4.39 Å². The highest BCUT2D eigenvalue weighted by Crippen LogP contribution is 2.31. The third-order valence-corrected chi connectivity index (χ3v) is 5.04. The SMILES string of the molecule is CC=CC1COC(CCC2COC(C3CC=C(F)CC3)OC2)OC1. The molecule has 2 heterocycles. The zero-order valence-electron chi connectivity index (χ0n) is 14.5. The van der Waals surface area contributed by atoms with Crippen molar-refractivity contribution >= 4 is 0 Å². The van der Waals surface area contributed by atoms with E-state index in [-0.39, 0.29) is 18.4 Å². The Morgan fingerprint density at radius 2 is 1.83 bits per heavy atom. The quantitative estimate of drug-likeness (QED) is 0.710. The predicted octanol–water partition coefficient (Wildman–Crippen LogP) is 3.97. The van der Waals surface area contributed by atoms with Gasteiger partial charge in [0.1, 0.15) is 0 Å². The molecule has 0 saturated carbocycles. The molecule has 1 unspecified atom stereocenters. The summed E-state index contributed by atoms with van der Waals surface area (Å²) in [5, 5.41) is 0. The van der Waals surface area contributed by atoms with Crippen molar-refractivity contribution in [2.75, 3.05) is 26.4 Å². The second-order valence-corrected chi connectivity index (χ2v) is 7.05. The average molecular weight is 340 g/mol. The Labute approximate surface area is 144 Å². The molecule has 1 atom stereocenters. The first-order valence-corrected chi connectivity index (χ1v) is 9.18. The zero-order valence-corrected chi connectivity index (χ0v) is 14.5. The first-order valence-electron chi connectivity index (χ1n) is 9.18. The Bertz CT molecular complexity index is 435. The van der Waals surface area contributed by atoms with Crippen LogP contribution in [0.5, 0.6) is 0 Å². The van der Waals surface area contributed by atoms with Crippen molar-refractivity contribution in [2.45, 2.75) is 51.6 Å². The Balaban J connectivity index is 1.32. The summed E-state index contributed by atoms with van der Waals surface area (Å²) in [5.41, 5.74) is 0. The van der Waals surface area contributed by atoms with Crippen molar-refractivity contribution in [1.82, 2.24) is 0 Å². The maximum absolute atomic E-state index is 13.1. The van der Waals surface area contributed by atoms with E-state index in [4.69, 9.17) is 18.9 Å². The minimum Gasteiger partial charge on any atom is -0.352 e. The number of halogens is 1. The molecule has 136 valence electrons. The van der Waals surface area contributed by atoms with Gasteiger partial charge in [-0.3, -0.25) is 0 Å². The summed E-state index contributed by atoms with van der Waals surface area (Å²) in [6.45, 7) is 4.91. The minimum atomic E-state index is -0.172. The van der Waals surface area contributed by atoms with Crippen LogP contribution in [0.1, 0.15) is 39.0 Å². The third kappa shape index (κ3) is 5.12. The molecule has 2 fully saturated rings. The van der Waals surface area contributed by atoms with Crippen LogP contribution in [0.3, 0.4) is 0 Å². The number of rotatable bonds is 5. The Hall–Kier alpha value is -0.750. The number of ether oxygens (including phenoxy) is 4. The van der Waals surface area contributed by atoms with E-state index in [1.807, 2.05) is 13.0 Å². The molecule has 2 saturated heterocycles. The summed E-state index contributed by atoms with van der Waals surface area (Å²) >= 11 is 0. The molecule has 24 heavy (non-hydrogen) atoms. The fourth-order valence-corrected chi connectivity index (χ4v) is 3.55. The first kappa shape index (κ1) is 18.1. The molecule has 0 bridgehead atoms. The van der Waals surface area contributed by atoms with Gasteiger partial charge in [0, 0.05) is 17.8 Å². The van der Waals surface area contributed by atoms with Crippen LogP contribution in [-0.2, 0) is 18.9 Å². The molecule has 3 aliphatic rings. The van der Waals surface area contributed by atoms with Gasteiger partial charge in [-0.15, -0.1) is 0 Å². The lowest BCUT2D eigenvalue weighted by molar-refractivity contribution is -0.232. The van der Waals surface area contributed by atoms with Gasteiger partial charge >= 0.3 is 0 Å². The Morgan fingerprint density at radius 1 is 1.08 bits per heavy atom. The number of hydrogen-bond donors (Lipinski definition) is 0. The number of allylic oxidation sites excluding steroid dienone is 3. The van der Waals surface area contributed by atoms with Crippen LogP contribution >= 0.6 is 0 Å². The van der Waals surface area contributed by atoms with Crippen LogP contribution in [-0.4, -0.2) is 39.0 Å². The van der Waals surface area contributed by atoms with Gasteiger partial charge in [-0.05, 0) is 39.0 Å². The van der Waals surface area contributed by atoms with Gasteiger partial charge < -0.3 is 18.9 Å². The fraction of sp³-hybridized carbons (Fsp3) is 0.789. The summed E-state index contributed by atoms with van der Waals surface area (Å²) in [7, 11) is 0. The van der Waals surface area contributed by atoms with Gasteiger partial charge in [0.05, 0.1) is 32.3 Å². The van der Waals surface area contributed by atoms with Crippen molar-refractivity contribution in [3.05, 3.63) is 24.1 Å². The molecule has 2 aliphatic heterocycles. The van der Waals surface area contributed by atoms with Crippen molar-refractivity contribution in [3.8, 4) is 0 Å². The number of hydrogen-bond acceptors (Lipinski definition) is 4. The lowest BCUT2D eigenvalue weighted by Gasteiger charge is -2.35. The molecule has 5 heteroatoms. The Kier molecular flexibility index (Phi) is 6.84. The van der Waals surface area contributed by atoms with Gasteiger partial charge in [0.15, 0.2) is 12.6 Å². The molecule has 0 aromatic rings. The maximum atomic E-state index is 13.1. The fourth-order valence-electron chi connectivity index (χ4n) is 3.55. The topological polar surface area (TPSA) is 36.9 Å². The van der Waals surface area contributed by atoms with Gasteiger partial charge in [0.25, 0.3) is 0 Å². The second kappa shape index (κ2) is 9.09. The van der Waals surface area contributed by atoms with Crippen LogP contribution in [0.2, 0.25) is 0 Å². The van der Waals surface area contributed by atoms with Crippen molar-refractivity contribution < 1.29 is 23.3 Å². The lowest BCUT2D eigenvalue weighted by Crippen LogP contribution is -2.38. The molecule has 0 aromatic heterocycles.